The molecule has 0 bridgehead atoms. The van der Waals surface area contributed by atoms with E-state index in [0.717, 1.165) is 4.47 Å². The number of halogens is 1. The lowest BCUT2D eigenvalue weighted by molar-refractivity contribution is -0.119. The van der Waals surface area contributed by atoms with Crippen molar-refractivity contribution < 1.29 is 4.79 Å². The summed E-state index contributed by atoms with van der Waals surface area (Å²) in [7, 11) is 0. The third-order valence-corrected chi connectivity index (χ3v) is 3.33. The number of aryl methyl sites for hydroxylation is 1. The predicted molar refractivity (Wildman–Crippen MR) is 74.0 cm³/mol. The van der Waals surface area contributed by atoms with E-state index in [1.54, 1.807) is 0 Å². The van der Waals surface area contributed by atoms with Crippen LogP contribution in [0.5, 0.6) is 0 Å². The predicted octanol–water partition coefficient (Wildman–Crippen LogP) is 2.11. The Morgan fingerprint density at radius 3 is 2.71 bits per heavy atom. The van der Waals surface area contributed by atoms with Gasteiger partial charge in [-0.05, 0) is 30.2 Å². The second-order valence-electron chi connectivity index (χ2n) is 4.82. The van der Waals surface area contributed by atoms with E-state index < -0.39 is 0 Å². The minimum atomic E-state index is -0.120. The summed E-state index contributed by atoms with van der Waals surface area (Å²) in [6.07, 6.45) is 0. The minimum Gasteiger partial charge on any atom is -0.354 e. The van der Waals surface area contributed by atoms with Crippen molar-refractivity contribution in [3.05, 3.63) is 33.8 Å². The molecule has 0 saturated heterocycles. The van der Waals surface area contributed by atoms with Crippen LogP contribution in [0.3, 0.4) is 0 Å². The molecule has 0 saturated carbocycles. The van der Waals surface area contributed by atoms with Crippen LogP contribution in [-0.4, -0.2) is 19.0 Å². The first-order valence-electron chi connectivity index (χ1n) is 5.60. The molecule has 3 nitrogen and oxygen atoms in total. The van der Waals surface area contributed by atoms with E-state index in [1.165, 1.54) is 11.1 Å². The zero-order chi connectivity index (χ0) is 13.1. The standard InChI is InChI=1S/C13H19BrN2O/c1-9-4-5-10(14)6-11(9)13(2,3)8-16-12(17)7-15/h4-6H,7-8,15H2,1-3H3,(H,16,17). The fourth-order valence-corrected chi connectivity index (χ4v) is 2.17. The molecule has 0 spiro atoms. The smallest absolute Gasteiger partial charge is 0.233 e. The number of nitrogens with two attached hydrogens (primary N) is 1. The van der Waals surface area contributed by atoms with Crippen LogP contribution >= 0.6 is 15.9 Å². The van der Waals surface area contributed by atoms with Gasteiger partial charge in [0.15, 0.2) is 0 Å². The van der Waals surface area contributed by atoms with Crippen LogP contribution in [0.1, 0.15) is 25.0 Å². The van der Waals surface area contributed by atoms with Gasteiger partial charge in [0.05, 0.1) is 6.54 Å². The summed E-state index contributed by atoms with van der Waals surface area (Å²) in [6, 6.07) is 6.20. The molecule has 0 radical (unpaired) electrons. The maximum atomic E-state index is 11.2. The van der Waals surface area contributed by atoms with Crippen molar-refractivity contribution >= 4 is 21.8 Å². The molecule has 0 atom stereocenters. The maximum Gasteiger partial charge on any atom is 0.233 e. The molecule has 4 heteroatoms. The molecule has 17 heavy (non-hydrogen) atoms. The zero-order valence-corrected chi connectivity index (χ0v) is 12.1. The highest BCUT2D eigenvalue weighted by Gasteiger charge is 2.23. The summed E-state index contributed by atoms with van der Waals surface area (Å²) in [4.78, 5) is 11.2. The summed E-state index contributed by atoms with van der Waals surface area (Å²) in [6.45, 7) is 6.92. The molecule has 94 valence electrons. The average molecular weight is 299 g/mol. The molecule has 1 rings (SSSR count). The Hall–Kier alpha value is -0.870. The van der Waals surface area contributed by atoms with E-state index >= 15 is 0 Å². The molecule has 1 amide bonds. The molecule has 1 aromatic carbocycles. The fraction of sp³-hybridized carbons (Fsp3) is 0.462. The molecule has 0 aliphatic carbocycles. The van der Waals surface area contributed by atoms with Gasteiger partial charge in [0.2, 0.25) is 5.91 Å². The average Bonchev–Trinajstić information content (AvgIpc) is 2.29. The Morgan fingerprint density at radius 2 is 2.12 bits per heavy atom. The normalized spacial score (nSPS) is 11.4. The largest absolute Gasteiger partial charge is 0.354 e. The first-order valence-corrected chi connectivity index (χ1v) is 6.39. The highest BCUT2D eigenvalue weighted by Crippen LogP contribution is 2.28. The van der Waals surface area contributed by atoms with Gasteiger partial charge in [-0.1, -0.05) is 35.8 Å². The molecule has 3 N–H and O–H groups in total. The van der Waals surface area contributed by atoms with Crippen LogP contribution in [0.15, 0.2) is 22.7 Å². The van der Waals surface area contributed by atoms with Crippen LogP contribution in [0, 0.1) is 6.92 Å². The van der Waals surface area contributed by atoms with Crippen molar-refractivity contribution in [1.29, 1.82) is 0 Å². The van der Waals surface area contributed by atoms with Crippen molar-refractivity contribution in [2.24, 2.45) is 5.73 Å². The van der Waals surface area contributed by atoms with Crippen molar-refractivity contribution in [3.8, 4) is 0 Å². The third kappa shape index (κ3) is 3.82. The molecule has 0 unspecified atom stereocenters. The van der Waals surface area contributed by atoms with Gasteiger partial charge in [0.1, 0.15) is 0 Å². The van der Waals surface area contributed by atoms with E-state index in [-0.39, 0.29) is 17.9 Å². The molecule has 0 aromatic heterocycles. The third-order valence-electron chi connectivity index (χ3n) is 2.84. The molecular formula is C13H19BrN2O. The summed E-state index contributed by atoms with van der Waals surface area (Å²) in [5, 5.41) is 2.84. The topological polar surface area (TPSA) is 55.1 Å². The lowest BCUT2D eigenvalue weighted by Gasteiger charge is -2.27. The number of carbonyl (C=O) groups is 1. The number of rotatable bonds is 4. The van der Waals surface area contributed by atoms with E-state index in [4.69, 9.17) is 5.73 Å². The second kappa shape index (κ2) is 5.65. The van der Waals surface area contributed by atoms with Crippen LogP contribution in [0.25, 0.3) is 0 Å². The van der Waals surface area contributed by atoms with Crippen LogP contribution < -0.4 is 11.1 Å². The number of nitrogens with one attached hydrogen (secondary N) is 1. The van der Waals surface area contributed by atoms with Gasteiger partial charge >= 0.3 is 0 Å². The van der Waals surface area contributed by atoms with Crippen molar-refractivity contribution in [1.82, 2.24) is 5.32 Å². The Balaban J connectivity index is 2.88. The Labute approximate surface area is 111 Å². The minimum absolute atomic E-state index is 0.0353. The Bertz CT molecular complexity index is 416. The first-order chi connectivity index (χ1) is 7.86. The van der Waals surface area contributed by atoms with Crippen LogP contribution in [0.4, 0.5) is 0 Å². The summed E-state index contributed by atoms with van der Waals surface area (Å²) in [5.41, 5.74) is 7.61. The van der Waals surface area contributed by atoms with Gasteiger partial charge in [0, 0.05) is 16.4 Å². The summed E-state index contributed by atoms with van der Waals surface area (Å²) in [5.74, 6) is -0.120. The van der Waals surface area contributed by atoms with Crippen LogP contribution in [0.2, 0.25) is 0 Å². The molecule has 1 aromatic rings. The monoisotopic (exact) mass is 298 g/mol. The van der Waals surface area contributed by atoms with E-state index in [0.29, 0.717) is 6.54 Å². The van der Waals surface area contributed by atoms with Gasteiger partial charge in [-0.15, -0.1) is 0 Å². The first kappa shape index (κ1) is 14.2. The maximum absolute atomic E-state index is 11.2. The van der Waals surface area contributed by atoms with Gasteiger partial charge < -0.3 is 11.1 Å². The Kier molecular flexibility index (Phi) is 4.71. The SMILES string of the molecule is Cc1ccc(Br)cc1C(C)(C)CNC(=O)CN. The number of carbonyl (C=O) groups excluding carboxylic acids is 1. The molecule has 0 aliphatic rings. The van der Waals surface area contributed by atoms with E-state index in [2.05, 4.69) is 54.2 Å². The highest BCUT2D eigenvalue weighted by atomic mass is 79.9. The van der Waals surface area contributed by atoms with Gasteiger partial charge in [-0.2, -0.15) is 0 Å². The number of hydrogen-bond donors (Lipinski definition) is 2. The highest BCUT2D eigenvalue weighted by molar-refractivity contribution is 9.10. The van der Waals surface area contributed by atoms with E-state index in [9.17, 15) is 4.79 Å². The van der Waals surface area contributed by atoms with Gasteiger partial charge in [-0.25, -0.2) is 0 Å². The lowest BCUT2D eigenvalue weighted by atomic mass is 9.82. The number of benzene rings is 1. The summed E-state index contributed by atoms with van der Waals surface area (Å²) < 4.78 is 1.05. The Morgan fingerprint density at radius 1 is 1.47 bits per heavy atom. The van der Waals surface area contributed by atoms with E-state index in [1.807, 2.05) is 6.07 Å². The van der Waals surface area contributed by atoms with Crippen molar-refractivity contribution in [3.63, 3.8) is 0 Å². The van der Waals surface area contributed by atoms with Crippen molar-refractivity contribution in [2.75, 3.05) is 13.1 Å². The molecule has 0 heterocycles. The fourth-order valence-electron chi connectivity index (χ4n) is 1.81. The number of hydrogen-bond acceptors (Lipinski definition) is 2. The molecular weight excluding hydrogens is 280 g/mol. The lowest BCUT2D eigenvalue weighted by Crippen LogP contribution is -2.39. The van der Waals surface area contributed by atoms with Crippen LogP contribution in [-0.2, 0) is 10.2 Å². The van der Waals surface area contributed by atoms with Gasteiger partial charge in [0.25, 0.3) is 0 Å². The summed E-state index contributed by atoms with van der Waals surface area (Å²) >= 11 is 3.48. The quantitative estimate of drug-likeness (QED) is 0.894. The van der Waals surface area contributed by atoms with Gasteiger partial charge in [-0.3, -0.25) is 4.79 Å². The second-order valence-corrected chi connectivity index (χ2v) is 5.74. The molecule has 0 fully saturated rings. The van der Waals surface area contributed by atoms with Crippen molar-refractivity contribution in [2.45, 2.75) is 26.2 Å². The molecule has 0 aliphatic heterocycles. The number of amides is 1. The zero-order valence-electron chi connectivity index (χ0n) is 10.5.